The van der Waals surface area contributed by atoms with Gasteiger partial charge < -0.3 is 9.80 Å². The van der Waals surface area contributed by atoms with Crippen molar-refractivity contribution in [3.05, 3.63) is 30.6 Å². The Kier molecular flexibility index (Phi) is 4.86. The Bertz CT molecular complexity index is 759. The highest BCUT2D eigenvalue weighted by Crippen LogP contribution is 2.25. The lowest BCUT2D eigenvalue weighted by molar-refractivity contribution is -0.137. The van der Waals surface area contributed by atoms with E-state index in [-0.39, 0.29) is 5.92 Å². The van der Waals surface area contributed by atoms with Crippen LogP contribution < -0.4 is 4.90 Å². The number of hydrogen-bond donors (Lipinski definition) is 0. The molecular weight excluding hydrogens is 328 g/mol. The number of amides is 1. The van der Waals surface area contributed by atoms with Crippen LogP contribution >= 0.6 is 0 Å². The van der Waals surface area contributed by atoms with Crippen molar-refractivity contribution in [2.24, 2.45) is 5.92 Å². The number of anilines is 1. The van der Waals surface area contributed by atoms with Crippen LogP contribution in [0.25, 0.3) is 5.82 Å². The van der Waals surface area contributed by atoms with E-state index in [1.54, 1.807) is 12.5 Å². The minimum absolute atomic E-state index is 0.168. The third-order valence-electron chi connectivity index (χ3n) is 5.55. The van der Waals surface area contributed by atoms with E-state index in [0.717, 1.165) is 69.3 Å². The molecule has 2 aromatic rings. The second-order valence-corrected chi connectivity index (χ2v) is 7.23. The summed E-state index contributed by atoms with van der Waals surface area (Å²) in [5.41, 5.74) is 0. The molecule has 4 heterocycles. The lowest BCUT2D eigenvalue weighted by Crippen LogP contribution is -2.44. The van der Waals surface area contributed by atoms with E-state index in [9.17, 15) is 4.79 Å². The lowest BCUT2D eigenvalue weighted by Gasteiger charge is -2.36. The summed E-state index contributed by atoms with van der Waals surface area (Å²) in [6, 6.07) is 2.00. The monoisotopic (exact) mass is 354 g/mol. The first-order chi connectivity index (χ1) is 12.7. The molecule has 2 saturated heterocycles. The zero-order valence-electron chi connectivity index (χ0n) is 15.3. The summed E-state index contributed by atoms with van der Waals surface area (Å²) in [4.78, 5) is 30.1. The van der Waals surface area contributed by atoms with Crippen molar-refractivity contribution < 1.29 is 4.79 Å². The van der Waals surface area contributed by atoms with Crippen LogP contribution in [0.2, 0.25) is 0 Å². The summed E-state index contributed by atoms with van der Waals surface area (Å²) in [7, 11) is 0. The second kappa shape index (κ2) is 7.43. The third kappa shape index (κ3) is 3.43. The summed E-state index contributed by atoms with van der Waals surface area (Å²) in [5.74, 6) is 3.19. The molecule has 138 valence electrons. The molecule has 2 aliphatic rings. The van der Waals surface area contributed by atoms with Gasteiger partial charge in [0.1, 0.15) is 23.8 Å². The standard InChI is InChI=1S/C19H26N6O/c1-15-20-7-12-25(15)18-13-17(21-14-22-18)23-10-5-16(6-11-23)19(26)24-8-3-2-4-9-24/h7,12-14,16H,2-6,8-11H2,1H3. The van der Waals surface area contributed by atoms with Crippen LogP contribution in [0.3, 0.4) is 0 Å². The molecule has 0 unspecified atom stereocenters. The Labute approximate surface area is 154 Å². The number of piperidine rings is 2. The van der Waals surface area contributed by atoms with E-state index < -0.39 is 0 Å². The average molecular weight is 354 g/mol. The first kappa shape index (κ1) is 17.0. The Morgan fingerprint density at radius 1 is 1.00 bits per heavy atom. The van der Waals surface area contributed by atoms with Crippen molar-refractivity contribution in [2.75, 3.05) is 31.1 Å². The summed E-state index contributed by atoms with van der Waals surface area (Å²) < 4.78 is 1.96. The highest BCUT2D eigenvalue weighted by Gasteiger charge is 2.29. The van der Waals surface area contributed by atoms with Crippen LogP contribution in [0.1, 0.15) is 37.9 Å². The Balaban J connectivity index is 1.40. The molecule has 0 N–H and O–H groups in total. The molecule has 0 bridgehead atoms. The van der Waals surface area contributed by atoms with E-state index >= 15 is 0 Å². The maximum absolute atomic E-state index is 12.7. The minimum atomic E-state index is 0.168. The summed E-state index contributed by atoms with van der Waals surface area (Å²) >= 11 is 0. The largest absolute Gasteiger partial charge is 0.356 e. The molecule has 26 heavy (non-hydrogen) atoms. The molecule has 0 radical (unpaired) electrons. The molecule has 7 nitrogen and oxygen atoms in total. The van der Waals surface area contributed by atoms with Gasteiger partial charge >= 0.3 is 0 Å². The van der Waals surface area contributed by atoms with Gasteiger partial charge in [0, 0.05) is 50.6 Å². The van der Waals surface area contributed by atoms with Crippen LogP contribution in [0.15, 0.2) is 24.8 Å². The van der Waals surface area contributed by atoms with Gasteiger partial charge in [0.05, 0.1) is 0 Å². The van der Waals surface area contributed by atoms with E-state index in [1.807, 2.05) is 23.8 Å². The van der Waals surface area contributed by atoms with E-state index in [0.29, 0.717) is 5.91 Å². The topological polar surface area (TPSA) is 67.2 Å². The van der Waals surface area contributed by atoms with Crippen molar-refractivity contribution in [2.45, 2.75) is 39.0 Å². The van der Waals surface area contributed by atoms with Crippen molar-refractivity contribution in [3.63, 3.8) is 0 Å². The molecule has 7 heteroatoms. The van der Waals surface area contributed by atoms with Crippen molar-refractivity contribution in [1.29, 1.82) is 0 Å². The summed E-state index contributed by atoms with van der Waals surface area (Å²) in [5, 5.41) is 0. The number of aryl methyl sites for hydroxylation is 1. The van der Waals surface area contributed by atoms with Crippen molar-refractivity contribution >= 4 is 11.7 Å². The van der Waals surface area contributed by atoms with Crippen molar-refractivity contribution in [1.82, 2.24) is 24.4 Å². The van der Waals surface area contributed by atoms with Crippen LogP contribution in [0, 0.1) is 12.8 Å². The number of carbonyl (C=O) groups excluding carboxylic acids is 1. The van der Waals surface area contributed by atoms with E-state index in [1.165, 1.54) is 6.42 Å². The number of nitrogens with zero attached hydrogens (tertiary/aromatic N) is 6. The Morgan fingerprint density at radius 2 is 1.73 bits per heavy atom. The molecule has 4 rings (SSSR count). The van der Waals surface area contributed by atoms with Gasteiger partial charge in [0.2, 0.25) is 5.91 Å². The second-order valence-electron chi connectivity index (χ2n) is 7.23. The maximum atomic E-state index is 12.7. The molecule has 2 aliphatic heterocycles. The van der Waals surface area contributed by atoms with E-state index in [4.69, 9.17) is 0 Å². The summed E-state index contributed by atoms with van der Waals surface area (Å²) in [6.45, 7) is 5.57. The van der Waals surface area contributed by atoms with Gasteiger partial charge in [-0.1, -0.05) is 0 Å². The number of likely N-dealkylation sites (tertiary alicyclic amines) is 1. The minimum Gasteiger partial charge on any atom is -0.356 e. The number of imidazole rings is 1. The Morgan fingerprint density at radius 3 is 2.42 bits per heavy atom. The van der Waals surface area contributed by atoms with Gasteiger partial charge in [-0.2, -0.15) is 0 Å². The third-order valence-corrected chi connectivity index (χ3v) is 5.55. The van der Waals surface area contributed by atoms with Gasteiger partial charge in [0.25, 0.3) is 0 Å². The quantitative estimate of drug-likeness (QED) is 0.845. The Hall–Kier alpha value is -2.44. The molecule has 1 amide bonds. The predicted octanol–water partition coefficient (Wildman–Crippen LogP) is 2.20. The molecule has 0 aromatic carbocycles. The maximum Gasteiger partial charge on any atom is 0.225 e. The molecular formula is C19H26N6O. The van der Waals surface area contributed by atoms with Gasteiger partial charge in [0.15, 0.2) is 0 Å². The molecule has 2 aromatic heterocycles. The molecule has 0 spiro atoms. The fourth-order valence-corrected chi connectivity index (χ4v) is 3.99. The van der Waals surface area contributed by atoms with Crippen LogP contribution in [-0.2, 0) is 4.79 Å². The smallest absolute Gasteiger partial charge is 0.225 e. The first-order valence-electron chi connectivity index (χ1n) is 9.58. The number of aromatic nitrogens is 4. The molecule has 2 fully saturated rings. The fourth-order valence-electron chi connectivity index (χ4n) is 3.99. The molecule has 0 aliphatic carbocycles. The number of rotatable bonds is 3. The zero-order chi connectivity index (χ0) is 17.9. The predicted molar refractivity (Wildman–Crippen MR) is 99.3 cm³/mol. The highest BCUT2D eigenvalue weighted by atomic mass is 16.2. The van der Waals surface area contributed by atoms with Crippen molar-refractivity contribution in [3.8, 4) is 5.82 Å². The molecule has 0 atom stereocenters. The number of hydrogen-bond acceptors (Lipinski definition) is 5. The normalized spacial score (nSPS) is 19.0. The first-order valence-corrected chi connectivity index (χ1v) is 9.58. The van der Waals surface area contributed by atoms with Crippen LogP contribution in [0.5, 0.6) is 0 Å². The number of carbonyl (C=O) groups is 1. The molecule has 0 saturated carbocycles. The fraction of sp³-hybridized carbons (Fsp3) is 0.579. The van der Waals surface area contributed by atoms with Gasteiger partial charge in [-0.15, -0.1) is 0 Å². The highest BCUT2D eigenvalue weighted by molar-refractivity contribution is 5.79. The zero-order valence-corrected chi connectivity index (χ0v) is 15.3. The van der Waals surface area contributed by atoms with Gasteiger partial charge in [-0.25, -0.2) is 15.0 Å². The SMILES string of the molecule is Cc1nccn1-c1cc(N2CCC(C(=O)N3CCCCC3)CC2)ncn1. The summed E-state index contributed by atoms with van der Waals surface area (Å²) in [6.07, 6.45) is 10.7. The van der Waals surface area contributed by atoms with Crippen LogP contribution in [0.4, 0.5) is 5.82 Å². The van der Waals surface area contributed by atoms with Gasteiger partial charge in [-0.05, 0) is 39.0 Å². The average Bonchev–Trinajstić information content (AvgIpc) is 3.14. The lowest BCUT2D eigenvalue weighted by atomic mass is 9.94. The van der Waals surface area contributed by atoms with Gasteiger partial charge in [-0.3, -0.25) is 9.36 Å². The van der Waals surface area contributed by atoms with Crippen LogP contribution in [-0.4, -0.2) is 56.5 Å². The van der Waals surface area contributed by atoms with E-state index in [2.05, 4.69) is 24.8 Å².